The van der Waals surface area contributed by atoms with Gasteiger partial charge in [0, 0.05) is 12.5 Å². The van der Waals surface area contributed by atoms with E-state index in [1.807, 2.05) is 6.92 Å². The lowest BCUT2D eigenvalue weighted by molar-refractivity contribution is -0.120. The molecule has 0 aliphatic rings. The van der Waals surface area contributed by atoms with Gasteiger partial charge in [0.05, 0.1) is 11.4 Å². The SMILES string of the molecule is CC(CNC(=O)Cc1cccc(O)c1)C(N)=S. The van der Waals surface area contributed by atoms with Gasteiger partial charge in [-0.15, -0.1) is 0 Å². The van der Waals surface area contributed by atoms with Crippen molar-refractivity contribution in [1.29, 1.82) is 0 Å². The maximum atomic E-state index is 11.6. The fourth-order valence-electron chi connectivity index (χ4n) is 1.28. The van der Waals surface area contributed by atoms with Crippen molar-refractivity contribution in [3.05, 3.63) is 29.8 Å². The highest BCUT2D eigenvalue weighted by Crippen LogP contribution is 2.11. The molecule has 1 atom stereocenters. The predicted molar refractivity (Wildman–Crippen MR) is 70.8 cm³/mol. The summed E-state index contributed by atoms with van der Waals surface area (Å²) in [6.07, 6.45) is 0.235. The summed E-state index contributed by atoms with van der Waals surface area (Å²) in [5, 5.41) is 12.0. The summed E-state index contributed by atoms with van der Waals surface area (Å²) in [7, 11) is 0. The van der Waals surface area contributed by atoms with Crippen LogP contribution in [-0.2, 0) is 11.2 Å². The molecule has 0 fully saturated rings. The summed E-state index contributed by atoms with van der Waals surface area (Å²) < 4.78 is 0. The fourth-order valence-corrected chi connectivity index (χ4v) is 1.37. The topological polar surface area (TPSA) is 75.3 Å². The first-order valence-corrected chi connectivity index (χ1v) is 5.74. The number of thiocarbonyl (C=S) groups is 1. The number of phenols is 1. The van der Waals surface area contributed by atoms with E-state index in [4.69, 9.17) is 18.0 Å². The van der Waals surface area contributed by atoms with E-state index in [2.05, 4.69) is 5.32 Å². The Morgan fingerprint density at radius 2 is 2.29 bits per heavy atom. The number of amides is 1. The van der Waals surface area contributed by atoms with E-state index in [1.165, 1.54) is 0 Å². The van der Waals surface area contributed by atoms with Crippen molar-refractivity contribution in [3.63, 3.8) is 0 Å². The molecule has 1 rings (SSSR count). The van der Waals surface area contributed by atoms with Crippen LogP contribution in [0.3, 0.4) is 0 Å². The molecule has 4 N–H and O–H groups in total. The van der Waals surface area contributed by atoms with E-state index in [1.54, 1.807) is 24.3 Å². The van der Waals surface area contributed by atoms with Gasteiger partial charge in [-0.2, -0.15) is 0 Å². The van der Waals surface area contributed by atoms with Crippen molar-refractivity contribution < 1.29 is 9.90 Å². The molecule has 4 nitrogen and oxygen atoms in total. The summed E-state index contributed by atoms with van der Waals surface area (Å²) in [5.74, 6) is 0.0311. The summed E-state index contributed by atoms with van der Waals surface area (Å²) in [6.45, 7) is 2.30. The highest BCUT2D eigenvalue weighted by Gasteiger charge is 2.08. The zero-order valence-corrected chi connectivity index (χ0v) is 10.5. The molecule has 92 valence electrons. The minimum atomic E-state index is -0.112. The van der Waals surface area contributed by atoms with Crippen LogP contribution >= 0.6 is 12.2 Å². The second-order valence-electron chi connectivity index (χ2n) is 3.95. The van der Waals surface area contributed by atoms with Gasteiger partial charge >= 0.3 is 0 Å². The molecule has 1 amide bonds. The number of rotatable bonds is 5. The molecule has 0 heterocycles. The third-order valence-corrected chi connectivity index (χ3v) is 2.77. The van der Waals surface area contributed by atoms with Gasteiger partial charge in [-0.05, 0) is 17.7 Å². The molecule has 5 heteroatoms. The van der Waals surface area contributed by atoms with Crippen LogP contribution in [0.5, 0.6) is 5.75 Å². The van der Waals surface area contributed by atoms with Gasteiger partial charge in [0.1, 0.15) is 5.75 Å². The summed E-state index contributed by atoms with van der Waals surface area (Å²) >= 11 is 4.81. The smallest absolute Gasteiger partial charge is 0.224 e. The Bertz CT molecular complexity index is 421. The number of nitrogens with one attached hydrogen (secondary N) is 1. The van der Waals surface area contributed by atoms with Crippen LogP contribution in [0.25, 0.3) is 0 Å². The largest absolute Gasteiger partial charge is 0.508 e. The average Bonchev–Trinajstić information content (AvgIpc) is 2.25. The third-order valence-electron chi connectivity index (χ3n) is 2.37. The number of aromatic hydroxyl groups is 1. The van der Waals surface area contributed by atoms with Crippen LogP contribution in [0.1, 0.15) is 12.5 Å². The van der Waals surface area contributed by atoms with Crippen LogP contribution in [0, 0.1) is 5.92 Å². The lowest BCUT2D eigenvalue weighted by atomic mass is 10.1. The second-order valence-corrected chi connectivity index (χ2v) is 4.43. The van der Waals surface area contributed by atoms with Crippen molar-refractivity contribution >= 4 is 23.1 Å². The second kappa shape index (κ2) is 6.20. The summed E-state index contributed by atoms with van der Waals surface area (Å²) in [4.78, 5) is 12.0. The minimum absolute atomic E-state index is 0.0156. The molecule has 17 heavy (non-hydrogen) atoms. The molecule has 0 radical (unpaired) electrons. The molecule has 1 unspecified atom stereocenters. The van der Waals surface area contributed by atoms with Crippen molar-refractivity contribution in [2.24, 2.45) is 11.7 Å². The van der Waals surface area contributed by atoms with Gasteiger partial charge in [-0.1, -0.05) is 31.3 Å². The quantitative estimate of drug-likeness (QED) is 0.683. The number of benzene rings is 1. The van der Waals surface area contributed by atoms with Gasteiger partial charge in [0.25, 0.3) is 0 Å². The van der Waals surface area contributed by atoms with Gasteiger partial charge in [0.15, 0.2) is 0 Å². The van der Waals surface area contributed by atoms with E-state index < -0.39 is 0 Å². The van der Waals surface area contributed by atoms with Crippen LogP contribution in [0.15, 0.2) is 24.3 Å². The Hall–Kier alpha value is -1.62. The van der Waals surface area contributed by atoms with Crippen molar-refractivity contribution in [2.75, 3.05) is 6.54 Å². The Labute approximate surface area is 106 Å². The average molecular weight is 252 g/mol. The standard InChI is InChI=1S/C12H16N2O2S/c1-8(12(13)17)7-14-11(16)6-9-3-2-4-10(15)5-9/h2-5,8,15H,6-7H2,1H3,(H2,13,17)(H,14,16). The highest BCUT2D eigenvalue weighted by molar-refractivity contribution is 7.80. The van der Waals surface area contributed by atoms with E-state index in [9.17, 15) is 9.90 Å². The Morgan fingerprint density at radius 3 is 2.88 bits per heavy atom. The molecule has 0 saturated heterocycles. The number of nitrogens with two attached hydrogens (primary N) is 1. The zero-order valence-electron chi connectivity index (χ0n) is 9.64. The summed E-state index contributed by atoms with van der Waals surface area (Å²) in [5.41, 5.74) is 6.21. The van der Waals surface area contributed by atoms with Crippen molar-refractivity contribution in [2.45, 2.75) is 13.3 Å². The highest BCUT2D eigenvalue weighted by atomic mass is 32.1. The predicted octanol–water partition coefficient (Wildman–Crippen LogP) is 0.973. The Morgan fingerprint density at radius 1 is 1.59 bits per heavy atom. The Kier molecular flexibility index (Phi) is 4.90. The molecule has 1 aromatic carbocycles. The fraction of sp³-hybridized carbons (Fsp3) is 0.333. The number of phenolic OH excluding ortho intramolecular Hbond substituents is 1. The lowest BCUT2D eigenvalue weighted by Crippen LogP contribution is -2.34. The third kappa shape index (κ3) is 4.82. The van der Waals surface area contributed by atoms with Crippen molar-refractivity contribution in [1.82, 2.24) is 5.32 Å². The molecular weight excluding hydrogens is 236 g/mol. The first kappa shape index (κ1) is 13.4. The lowest BCUT2D eigenvalue weighted by Gasteiger charge is -2.10. The first-order chi connectivity index (χ1) is 7.99. The van der Waals surface area contributed by atoms with E-state index in [0.29, 0.717) is 11.5 Å². The molecule has 1 aromatic rings. The molecule has 0 aliphatic heterocycles. The number of hydrogen-bond donors (Lipinski definition) is 3. The minimum Gasteiger partial charge on any atom is -0.508 e. The molecule has 0 saturated carbocycles. The first-order valence-electron chi connectivity index (χ1n) is 5.33. The molecule has 0 bridgehead atoms. The van der Waals surface area contributed by atoms with Crippen LogP contribution in [0.2, 0.25) is 0 Å². The van der Waals surface area contributed by atoms with Crippen LogP contribution < -0.4 is 11.1 Å². The van der Waals surface area contributed by atoms with Crippen molar-refractivity contribution in [3.8, 4) is 5.75 Å². The van der Waals surface area contributed by atoms with Crippen LogP contribution in [-0.4, -0.2) is 22.5 Å². The van der Waals surface area contributed by atoms with E-state index in [-0.39, 0.29) is 24.0 Å². The normalized spacial score (nSPS) is 11.8. The van der Waals surface area contributed by atoms with Gasteiger partial charge in [-0.3, -0.25) is 4.79 Å². The molecule has 0 aromatic heterocycles. The zero-order chi connectivity index (χ0) is 12.8. The van der Waals surface area contributed by atoms with E-state index >= 15 is 0 Å². The summed E-state index contributed by atoms with van der Waals surface area (Å²) in [6, 6.07) is 6.62. The molecular formula is C12H16N2O2S. The van der Waals surface area contributed by atoms with Crippen LogP contribution in [0.4, 0.5) is 0 Å². The number of carbonyl (C=O) groups excluding carboxylic acids is 1. The monoisotopic (exact) mass is 252 g/mol. The van der Waals surface area contributed by atoms with Gasteiger partial charge < -0.3 is 16.2 Å². The number of hydrogen-bond acceptors (Lipinski definition) is 3. The van der Waals surface area contributed by atoms with E-state index in [0.717, 1.165) is 5.56 Å². The van der Waals surface area contributed by atoms with Gasteiger partial charge in [0.2, 0.25) is 5.91 Å². The Balaban J connectivity index is 2.42. The maximum absolute atomic E-state index is 11.6. The molecule has 0 aliphatic carbocycles. The van der Waals surface area contributed by atoms with Gasteiger partial charge in [-0.25, -0.2) is 0 Å². The molecule has 0 spiro atoms. The number of carbonyl (C=O) groups is 1. The maximum Gasteiger partial charge on any atom is 0.224 e.